The van der Waals surface area contributed by atoms with E-state index < -0.39 is 0 Å². The number of aromatic nitrogens is 2. The quantitative estimate of drug-likeness (QED) is 0.870. The highest BCUT2D eigenvalue weighted by molar-refractivity contribution is 5.27. The largest absolute Gasteiger partial charge is 0.327 e. The van der Waals surface area contributed by atoms with Crippen molar-refractivity contribution in [2.75, 3.05) is 13.1 Å². The second-order valence-electron chi connectivity index (χ2n) is 5.81. The Bertz CT molecular complexity index is 424. The summed E-state index contributed by atoms with van der Waals surface area (Å²) in [4.78, 5) is 2.55. The van der Waals surface area contributed by atoms with Crippen LogP contribution in [0.1, 0.15) is 43.3 Å². The Morgan fingerprint density at radius 1 is 1.39 bits per heavy atom. The third kappa shape index (κ3) is 2.31. The molecule has 0 amide bonds. The predicted molar refractivity (Wildman–Crippen MR) is 74.4 cm³/mol. The minimum absolute atomic E-state index is 0.365. The van der Waals surface area contributed by atoms with Gasteiger partial charge in [0.15, 0.2) is 0 Å². The van der Waals surface area contributed by atoms with Gasteiger partial charge in [-0.05, 0) is 33.1 Å². The molecule has 3 unspecified atom stereocenters. The lowest BCUT2D eigenvalue weighted by Gasteiger charge is -2.39. The number of nitrogens with two attached hydrogens (primary N) is 1. The second-order valence-corrected chi connectivity index (χ2v) is 5.81. The monoisotopic (exact) mass is 250 g/mol. The third-order valence-electron chi connectivity index (χ3n) is 4.53. The lowest BCUT2D eigenvalue weighted by molar-refractivity contribution is 0.123. The minimum Gasteiger partial charge on any atom is -0.327 e. The zero-order valence-corrected chi connectivity index (χ0v) is 12.3. The highest BCUT2D eigenvalue weighted by Crippen LogP contribution is 2.29. The maximum atomic E-state index is 6.10. The Hall–Kier alpha value is -0.870. The van der Waals surface area contributed by atoms with Crippen molar-refractivity contribution in [3.63, 3.8) is 0 Å². The fraction of sp³-hybridized carbons (Fsp3) is 0.786. The lowest BCUT2D eigenvalue weighted by atomic mass is 9.92. The van der Waals surface area contributed by atoms with Crippen LogP contribution in [0.5, 0.6) is 0 Å². The van der Waals surface area contributed by atoms with Crippen molar-refractivity contribution in [3.8, 4) is 0 Å². The van der Waals surface area contributed by atoms with Crippen LogP contribution in [-0.2, 0) is 7.05 Å². The van der Waals surface area contributed by atoms with Crippen molar-refractivity contribution in [1.82, 2.24) is 14.7 Å². The molecule has 0 aliphatic carbocycles. The Morgan fingerprint density at radius 3 is 2.56 bits per heavy atom. The predicted octanol–water partition coefficient (Wildman–Crippen LogP) is 1.77. The fourth-order valence-corrected chi connectivity index (χ4v) is 3.12. The van der Waals surface area contributed by atoms with Gasteiger partial charge in [-0.25, -0.2) is 0 Å². The Labute approximate surface area is 110 Å². The first-order valence-electron chi connectivity index (χ1n) is 6.91. The molecule has 2 N–H and O–H groups in total. The SMILES string of the molecule is Cc1nn(C)c(C)c1C(C)N1CCC(N)C(C)C1. The number of hydrogen-bond acceptors (Lipinski definition) is 3. The van der Waals surface area contributed by atoms with Gasteiger partial charge in [-0.3, -0.25) is 9.58 Å². The lowest BCUT2D eigenvalue weighted by Crippen LogP contribution is -2.46. The van der Waals surface area contributed by atoms with Gasteiger partial charge in [-0.15, -0.1) is 0 Å². The molecule has 0 saturated carbocycles. The topological polar surface area (TPSA) is 47.1 Å². The summed E-state index contributed by atoms with van der Waals surface area (Å²) in [5.41, 5.74) is 9.93. The number of piperidine rings is 1. The normalized spacial score (nSPS) is 27.4. The molecule has 1 aliphatic heterocycles. The molecule has 1 aliphatic rings. The van der Waals surface area contributed by atoms with E-state index >= 15 is 0 Å². The fourth-order valence-electron chi connectivity index (χ4n) is 3.12. The number of likely N-dealkylation sites (tertiary alicyclic amines) is 1. The number of aryl methyl sites for hydroxylation is 2. The van der Waals surface area contributed by atoms with Crippen molar-refractivity contribution in [3.05, 3.63) is 17.0 Å². The molecule has 3 atom stereocenters. The van der Waals surface area contributed by atoms with Crippen LogP contribution in [0.15, 0.2) is 0 Å². The summed E-state index contributed by atoms with van der Waals surface area (Å²) in [6.07, 6.45) is 1.10. The van der Waals surface area contributed by atoms with E-state index in [1.807, 2.05) is 11.7 Å². The van der Waals surface area contributed by atoms with Gasteiger partial charge in [0.05, 0.1) is 5.69 Å². The zero-order chi connectivity index (χ0) is 13.4. The van der Waals surface area contributed by atoms with Crippen LogP contribution < -0.4 is 5.73 Å². The zero-order valence-electron chi connectivity index (χ0n) is 12.3. The summed E-state index contributed by atoms with van der Waals surface area (Å²) >= 11 is 0. The van der Waals surface area contributed by atoms with E-state index in [0.29, 0.717) is 18.0 Å². The van der Waals surface area contributed by atoms with Crippen molar-refractivity contribution in [1.29, 1.82) is 0 Å². The molecular formula is C14H26N4. The van der Waals surface area contributed by atoms with E-state index in [9.17, 15) is 0 Å². The molecule has 4 nitrogen and oxygen atoms in total. The van der Waals surface area contributed by atoms with E-state index in [1.165, 1.54) is 11.3 Å². The van der Waals surface area contributed by atoms with Crippen LogP contribution in [0, 0.1) is 19.8 Å². The molecule has 4 heteroatoms. The molecule has 0 aromatic carbocycles. The summed E-state index contributed by atoms with van der Waals surface area (Å²) in [5.74, 6) is 0.582. The Balaban J connectivity index is 2.18. The molecule has 1 aromatic rings. The average molecular weight is 250 g/mol. The van der Waals surface area contributed by atoms with Crippen LogP contribution in [0.4, 0.5) is 0 Å². The van der Waals surface area contributed by atoms with Crippen LogP contribution in [0.25, 0.3) is 0 Å². The van der Waals surface area contributed by atoms with Gasteiger partial charge in [0, 0.05) is 43.5 Å². The minimum atomic E-state index is 0.365. The van der Waals surface area contributed by atoms with E-state index in [4.69, 9.17) is 5.73 Å². The van der Waals surface area contributed by atoms with Crippen molar-refractivity contribution >= 4 is 0 Å². The standard InChI is InChI=1S/C14H26N4/c1-9-8-18(7-6-13(9)15)12(4)14-10(2)16-17(5)11(14)3/h9,12-13H,6-8,15H2,1-5H3. The number of hydrogen-bond donors (Lipinski definition) is 1. The number of rotatable bonds is 2. The van der Waals surface area contributed by atoms with Crippen LogP contribution in [0.3, 0.4) is 0 Å². The first-order chi connectivity index (χ1) is 8.41. The van der Waals surface area contributed by atoms with Crippen LogP contribution in [0.2, 0.25) is 0 Å². The highest BCUT2D eigenvalue weighted by atomic mass is 15.3. The average Bonchev–Trinajstić information content (AvgIpc) is 2.56. The van der Waals surface area contributed by atoms with Gasteiger partial charge in [-0.2, -0.15) is 5.10 Å². The smallest absolute Gasteiger partial charge is 0.0644 e. The molecule has 18 heavy (non-hydrogen) atoms. The summed E-state index contributed by atoms with van der Waals surface area (Å²) < 4.78 is 1.99. The first kappa shape index (κ1) is 13.6. The molecule has 1 saturated heterocycles. The van der Waals surface area contributed by atoms with Crippen LogP contribution >= 0.6 is 0 Å². The highest BCUT2D eigenvalue weighted by Gasteiger charge is 2.29. The van der Waals surface area contributed by atoms with Crippen molar-refractivity contribution < 1.29 is 0 Å². The molecule has 0 bridgehead atoms. The summed E-state index contributed by atoms with van der Waals surface area (Å²) in [7, 11) is 2.02. The number of nitrogens with zero attached hydrogens (tertiary/aromatic N) is 3. The van der Waals surface area contributed by atoms with Gasteiger partial charge in [0.1, 0.15) is 0 Å². The van der Waals surface area contributed by atoms with Crippen LogP contribution in [-0.4, -0.2) is 33.8 Å². The molecule has 1 aromatic heterocycles. The molecular weight excluding hydrogens is 224 g/mol. The van der Waals surface area contributed by atoms with Gasteiger partial charge >= 0.3 is 0 Å². The van der Waals surface area contributed by atoms with E-state index in [0.717, 1.165) is 25.2 Å². The van der Waals surface area contributed by atoms with E-state index in [1.54, 1.807) is 0 Å². The molecule has 102 valence electrons. The van der Waals surface area contributed by atoms with E-state index in [2.05, 4.69) is 37.7 Å². The summed E-state index contributed by atoms with van der Waals surface area (Å²) in [6, 6.07) is 0.804. The molecule has 0 radical (unpaired) electrons. The molecule has 0 spiro atoms. The summed E-state index contributed by atoms with van der Waals surface area (Å²) in [6.45, 7) is 11.0. The van der Waals surface area contributed by atoms with Crippen molar-refractivity contribution in [2.45, 2.75) is 46.2 Å². The molecule has 1 fully saturated rings. The Kier molecular flexibility index (Phi) is 3.78. The van der Waals surface area contributed by atoms with Gasteiger partial charge in [0.2, 0.25) is 0 Å². The first-order valence-corrected chi connectivity index (χ1v) is 6.91. The second kappa shape index (κ2) is 5.02. The molecule has 2 heterocycles. The van der Waals surface area contributed by atoms with Crippen molar-refractivity contribution in [2.24, 2.45) is 18.7 Å². The third-order valence-corrected chi connectivity index (χ3v) is 4.53. The molecule has 2 rings (SSSR count). The van der Waals surface area contributed by atoms with Gasteiger partial charge in [0.25, 0.3) is 0 Å². The van der Waals surface area contributed by atoms with Gasteiger partial charge < -0.3 is 5.73 Å². The summed E-state index contributed by atoms with van der Waals surface area (Å²) in [5, 5.41) is 4.53. The van der Waals surface area contributed by atoms with Gasteiger partial charge in [-0.1, -0.05) is 6.92 Å². The maximum Gasteiger partial charge on any atom is 0.0644 e. The maximum absolute atomic E-state index is 6.10. The Morgan fingerprint density at radius 2 is 2.06 bits per heavy atom. The van der Waals surface area contributed by atoms with E-state index in [-0.39, 0.29) is 0 Å².